The first-order valence-electron chi connectivity index (χ1n) is 6.08. The van der Waals surface area contributed by atoms with Crippen LogP contribution in [0.25, 0.3) is 5.65 Å². The zero-order valence-electron chi connectivity index (χ0n) is 10.8. The van der Waals surface area contributed by atoms with Gasteiger partial charge in [-0.05, 0) is 31.2 Å². The number of fused-ring (bicyclic) bond motifs is 1. The number of benzene rings is 1. The fraction of sp³-hybridized carbons (Fsp3) is 0.0714. The van der Waals surface area contributed by atoms with E-state index < -0.39 is 10.0 Å². The molecule has 20 heavy (non-hydrogen) atoms. The Morgan fingerprint density at radius 1 is 1.10 bits per heavy atom. The molecule has 0 unspecified atom stereocenters. The average molecular weight is 287 g/mol. The van der Waals surface area contributed by atoms with Gasteiger partial charge >= 0.3 is 0 Å². The molecule has 102 valence electrons. The highest BCUT2D eigenvalue weighted by molar-refractivity contribution is 7.92. The van der Waals surface area contributed by atoms with Gasteiger partial charge in [-0.2, -0.15) is 0 Å². The molecule has 0 spiro atoms. The summed E-state index contributed by atoms with van der Waals surface area (Å²) in [5.74, 6) is 0. The minimum atomic E-state index is -3.60. The van der Waals surface area contributed by atoms with Gasteiger partial charge in [0.1, 0.15) is 0 Å². The molecule has 0 aliphatic rings. The Morgan fingerprint density at radius 2 is 1.85 bits per heavy atom. The summed E-state index contributed by atoms with van der Waals surface area (Å²) in [6, 6.07) is 11.7. The third kappa shape index (κ3) is 2.25. The fourth-order valence-electron chi connectivity index (χ4n) is 2.02. The van der Waals surface area contributed by atoms with E-state index in [1.54, 1.807) is 46.9 Å². The van der Waals surface area contributed by atoms with Gasteiger partial charge in [-0.1, -0.05) is 18.2 Å². The van der Waals surface area contributed by atoms with Crippen LogP contribution in [0.1, 0.15) is 5.69 Å². The number of anilines is 1. The largest absolute Gasteiger partial charge is 0.305 e. The number of aromatic nitrogens is 2. The Hall–Kier alpha value is -2.34. The van der Waals surface area contributed by atoms with E-state index in [4.69, 9.17) is 0 Å². The van der Waals surface area contributed by atoms with Crippen molar-refractivity contribution < 1.29 is 8.42 Å². The number of hydrogen-bond donors (Lipinski definition) is 1. The van der Waals surface area contributed by atoms with Gasteiger partial charge in [0.15, 0.2) is 5.65 Å². The van der Waals surface area contributed by atoms with Crippen molar-refractivity contribution in [2.45, 2.75) is 11.8 Å². The molecule has 6 heteroatoms. The third-order valence-electron chi connectivity index (χ3n) is 2.90. The van der Waals surface area contributed by atoms with Crippen LogP contribution in [0.5, 0.6) is 0 Å². The van der Waals surface area contributed by atoms with Gasteiger partial charge < -0.3 is 4.40 Å². The molecule has 0 atom stereocenters. The second kappa shape index (κ2) is 4.64. The van der Waals surface area contributed by atoms with E-state index in [9.17, 15) is 8.42 Å². The van der Waals surface area contributed by atoms with Crippen molar-refractivity contribution >= 4 is 21.4 Å². The van der Waals surface area contributed by atoms with Crippen LogP contribution in [0, 0.1) is 6.92 Å². The summed E-state index contributed by atoms with van der Waals surface area (Å²) in [4.78, 5) is 4.55. The lowest BCUT2D eigenvalue weighted by Gasteiger charge is -2.08. The fourth-order valence-corrected chi connectivity index (χ4v) is 3.10. The van der Waals surface area contributed by atoms with Crippen LogP contribution >= 0.6 is 0 Å². The topological polar surface area (TPSA) is 63.5 Å². The van der Waals surface area contributed by atoms with Crippen LogP contribution in [0.4, 0.5) is 5.69 Å². The van der Waals surface area contributed by atoms with E-state index in [1.807, 2.05) is 19.3 Å². The van der Waals surface area contributed by atoms with E-state index in [0.29, 0.717) is 11.3 Å². The highest BCUT2D eigenvalue weighted by Crippen LogP contribution is 2.20. The summed E-state index contributed by atoms with van der Waals surface area (Å²) >= 11 is 0. The summed E-state index contributed by atoms with van der Waals surface area (Å²) in [5, 5.41) is 0. The van der Waals surface area contributed by atoms with E-state index in [0.717, 1.165) is 5.69 Å². The molecule has 3 aromatic rings. The van der Waals surface area contributed by atoms with E-state index in [2.05, 4.69) is 9.71 Å². The van der Waals surface area contributed by atoms with E-state index >= 15 is 0 Å². The number of sulfonamides is 1. The first-order chi connectivity index (χ1) is 9.56. The lowest BCUT2D eigenvalue weighted by Crippen LogP contribution is -2.13. The zero-order valence-corrected chi connectivity index (χ0v) is 11.6. The predicted molar refractivity (Wildman–Crippen MR) is 77.2 cm³/mol. The summed E-state index contributed by atoms with van der Waals surface area (Å²) in [7, 11) is -3.60. The number of nitrogens with one attached hydrogen (secondary N) is 1. The molecule has 2 aromatic heterocycles. The Balaban J connectivity index is 2.05. The van der Waals surface area contributed by atoms with Crippen LogP contribution in [-0.4, -0.2) is 17.8 Å². The predicted octanol–water partition coefficient (Wildman–Crippen LogP) is 2.44. The summed E-state index contributed by atoms with van der Waals surface area (Å²) in [5.41, 5.74) is 1.88. The monoisotopic (exact) mass is 287 g/mol. The van der Waals surface area contributed by atoms with Gasteiger partial charge in [0, 0.05) is 12.4 Å². The molecule has 0 saturated heterocycles. The minimum absolute atomic E-state index is 0.227. The highest BCUT2D eigenvalue weighted by atomic mass is 32.2. The Bertz CT molecular complexity index is 855. The quantitative estimate of drug-likeness (QED) is 0.804. The molecular formula is C14H13N3O2S. The Kier molecular flexibility index (Phi) is 2.94. The average Bonchev–Trinajstić information content (AvgIpc) is 2.81. The van der Waals surface area contributed by atoms with Crippen molar-refractivity contribution in [2.24, 2.45) is 0 Å². The number of rotatable bonds is 3. The van der Waals surface area contributed by atoms with Crippen LogP contribution in [-0.2, 0) is 10.0 Å². The summed E-state index contributed by atoms with van der Waals surface area (Å²) < 4.78 is 29.0. The number of pyridine rings is 1. The zero-order chi connectivity index (χ0) is 14.2. The van der Waals surface area contributed by atoms with E-state index in [-0.39, 0.29) is 4.90 Å². The van der Waals surface area contributed by atoms with E-state index in [1.165, 1.54) is 0 Å². The molecule has 2 heterocycles. The molecule has 0 radical (unpaired) electrons. The smallest absolute Gasteiger partial charge is 0.262 e. The Morgan fingerprint density at radius 3 is 2.60 bits per heavy atom. The van der Waals surface area contributed by atoms with Crippen molar-refractivity contribution in [3.63, 3.8) is 0 Å². The number of hydrogen-bond acceptors (Lipinski definition) is 3. The number of nitrogens with zero attached hydrogens (tertiary/aromatic N) is 2. The van der Waals surface area contributed by atoms with Crippen molar-refractivity contribution in [1.29, 1.82) is 0 Å². The molecule has 0 bridgehead atoms. The SMILES string of the molecule is Cc1cn2cccc(NS(=O)(=O)c3ccccc3)c2n1. The van der Waals surface area contributed by atoms with Crippen LogP contribution in [0.3, 0.4) is 0 Å². The standard InChI is InChI=1S/C14H13N3O2S/c1-11-10-17-9-5-8-13(14(17)15-11)16-20(18,19)12-6-3-2-4-7-12/h2-10,16H,1H3. The van der Waals surface area contributed by atoms with Gasteiger partial charge in [0.25, 0.3) is 10.0 Å². The summed E-state index contributed by atoms with van der Waals surface area (Å²) in [6.07, 6.45) is 3.67. The van der Waals surface area contributed by atoms with Gasteiger partial charge in [0.05, 0.1) is 16.3 Å². The maximum Gasteiger partial charge on any atom is 0.262 e. The minimum Gasteiger partial charge on any atom is -0.305 e. The second-order valence-electron chi connectivity index (χ2n) is 4.45. The third-order valence-corrected chi connectivity index (χ3v) is 4.28. The van der Waals surface area contributed by atoms with Crippen LogP contribution < -0.4 is 4.72 Å². The molecule has 1 N–H and O–H groups in total. The summed E-state index contributed by atoms with van der Waals surface area (Å²) in [6.45, 7) is 1.86. The maximum atomic E-state index is 12.3. The molecule has 3 rings (SSSR count). The van der Waals surface area contributed by atoms with Crippen LogP contribution in [0.2, 0.25) is 0 Å². The van der Waals surface area contributed by atoms with Crippen molar-refractivity contribution in [3.8, 4) is 0 Å². The van der Waals surface area contributed by atoms with Gasteiger partial charge in [-0.15, -0.1) is 0 Å². The molecule has 1 aromatic carbocycles. The van der Waals surface area contributed by atoms with Crippen molar-refractivity contribution in [3.05, 3.63) is 60.6 Å². The first kappa shape index (κ1) is 12.7. The molecular weight excluding hydrogens is 274 g/mol. The molecule has 0 aliphatic heterocycles. The lowest BCUT2D eigenvalue weighted by atomic mass is 10.4. The normalized spacial score (nSPS) is 11.7. The van der Waals surface area contributed by atoms with Crippen LogP contribution in [0.15, 0.2) is 59.8 Å². The number of aryl methyl sites for hydroxylation is 1. The van der Waals surface area contributed by atoms with Crippen molar-refractivity contribution in [1.82, 2.24) is 9.38 Å². The first-order valence-corrected chi connectivity index (χ1v) is 7.57. The second-order valence-corrected chi connectivity index (χ2v) is 6.14. The Labute approximate surface area is 117 Å². The highest BCUT2D eigenvalue weighted by Gasteiger charge is 2.15. The molecule has 0 fully saturated rings. The molecule has 0 saturated carbocycles. The maximum absolute atomic E-state index is 12.3. The molecule has 5 nitrogen and oxygen atoms in total. The number of imidazole rings is 1. The van der Waals surface area contributed by atoms with Crippen molar-refractivity contribution in [2.75, 3.05) is 4.72 Å². The van der Waals surface area contributed by atoms with Gasteiger partial charge in [0.2, 0.25) is 0 Å². The lowest BCUT2D eigenvalue weighted by molar-refractivity contribution is 0.601. The van der Waals surface area contributed by atoms with Gasteiger partial charge in [-0.25, -0.2) is 13.4 Å². The van der Waals surface area contributed by atoms with Gasteiger partial charge in [-0.3, -0.25) is 4.72 Å². The molecule has 0 amide bonds. The molecule has 0 aliphatic carbocycles.